The van der Waals surface area contributed by atoms with Gasteiger partial charge in [0.15, 0.2) is 0 Å². The fourth-order valence-corrected chi connectivity index (χ4v) is 9.19. The predicted molar refractivity (Wildman–Crippen MR) is 184 cm³/mol. The number of pyridine rings is 1. The van der Waals surface area contributed by atoms with E-state index in [2.05, 4.69) is 15.0 Å². The van der Waals surface area contributed by atoms with Crippen LogP contribution in [0.3, 0.4) is 0 Å². The van der Waals surface area contributed by atoms with Gasteiger partial charge in [0.25, 0.3) is 5.91 Å². The number of methoxy groups -OCH3 is 1. The molecule has 14 heteroatoms. The molecular weight excluding hydrogens is 667 g/mol. The van der Waals surface area contributed by atoms with Crippen LogP contribution in [0.25, 0.3) is 21.6 Å². The van der Waals surface area contributed by atoms with Crippen molar-refractivity contribution in [1.82, 2.24) is 24.9 Å². The van der Waals surface area contributed by atoms with E-state index in [0.29, 0.717) is 48.5 Å². The molecule has 0 bridgehead atoms. The average molecular weight is 708 g/mol. The minimum absolute atomic E-state index is 0.148. The van der Waals surface area contributed by atoms with Crippen molar-refractivity contribution in [3.8, 4) is 22.2 Å². The third kappa shape index (κ3) is 6.52. The lowest BCUT2D eigenvalue weighted by Crippen LogP contribution is -2.54. The van der Waals surface area contributed by atoms with Crippen molar-refractivity contribution < 1.29 is 32.3 Å². The van der Waals surface area contributed by atoms with E-state index in [4.69, 9.17) is 14.5 Å². The number of allylic oxidation sites excluding steroid dienone is 1. The van der Waals surface area contributed by atoms with Crippen LogP contribution < -0.4 is 19.5 Å². The van der Waals surface area contributed by atoms with Crippen LogP contribution in [0, 0.1) is 24.7 Å². The quantitative estimate of drug-likeness (QED) is 0.345. The first-order valence-electron chi connectivity index (χ1n) is 16.9. The van der Waals surface area contributed by atoms with Gasteiger partial charge in [-0.1, -0.05) is 12.2 Å². The molecule has 3 heterocycles. The van der Waals surface area contributed by atoms with Gasteiger partial charge in [0.05, 0.1) is 29.7 Å². The Kier molecular flexibility index (Phi) is 8.89. The molecule has 3 saturated carbocycles. The molecule has 3 aliphatic carbocycles. The molecule has 49 heavy (non-hydrogen) atoms. The summed E-state index contributed by atoms with van der Waals surface area (Å²) in [5, 5.41) is 5.74. The molecule has 0 radical (unpaired) electrons. The minimum atomic E-state index is -3.82. The van der Waals surface area contributed by atoms with Crippen LogP contribution >= 0.6 is 11.3 Å². The van der Waals surface area contributed by atoms with Gasteiger partial charge in [-0.25, -0.2) is 18.4 Å². The fraction of sp³-hybridized carbons (Fsp3) is 0.514. The molecule has 1 aromatic carbocycles. The van der Waals surface area contributed by atoms with Crippen LogP contribution in [0.2, 0.25) is 0 Å². The van der Waals surface area contributed by atoms with E-state index < -0.39 is 50.6 Å². The Labute approximate surface area is 289 Å². The Morgan fingerprint density at radius 2 is 1.94 bits per heavy atom. The maximum Gasteiger partial charge on any atom is 0.259 e. The van der Waals surface area contributed by atoms with Crippen molar-refractivity contribution in [2.75, 3.05) is 20.7 Å². The standard InChI is InChI=1S/C35H41N5O7S2/c1-20-28(46-3)12-11-24-29(18-27(37-30(20)24)32-36-13-15-48-32)47-22-16-25-26(17-22)33(42)40(2)14-7-5-4-6-8-21-19-35(21,38-31(25)41)34(43)39-49(44,45)23-9-10-23/h6,8,11-13,15,18,21-23,25-26H,4-5,7,9-10,14,16-17,19H2,1-3H3,(H,38,41)(H,39,43)/t21-,22-,25-,26-,35-/m1/s1. The summed E-state index contributed by atoms with van der Waals surface area (Å²) in [4.78, 5) is 52.7. The minimum Gasteiger partial charge on any atom is -0.496 e. The van der Waals surface area contributed by atoms with Crippen LogP contribution in [-0.4, -0.2) is 78.6 Å². The van der Waals surface area contributed by atoms with Gasteiger partial charge in [-0.2, -0.15) is 0 Å². The van der Waals surface area contributed by atoms with Crippen LogP contribution in [0.1, 0.15) is 56.9 Å². The molecule has 7 rings (SSSR count). The van der Waals surface area contributed by atoms with E-state index in [0.717, 1.165) is 35.2 Å². The van der Waals surface area contributed by atoms with Crippen molar-refractivity contribution in [1.29, 1.82) is 0 Å². The van der Waals surface area contributed by atoms with Crippen LogP contribution in [0.15, 0.2) is 41.9 Å². The smallest absolute Gasteiger partial charge is 0.259 e. The summed E-state index contributed by atoms with van der Waals surface area (Å²) in [6.45, 7) is 2.49. The number of nitrogens with one attached hydrogen (secondary N) is 2. The molecule has 0 spiro atoms. The van der Waals surface area contributed by atoms with Crippen molar-refractivity contribution in [2.45, 2.75) is 75.2 Å². The summed E-state index contributed by atoms with van der Waals surface area (Å²) in [5.74, 6) is -1.88. The van der Waals surface area contributed by atoms with Crippen LogP contribution in [0.4, 0.5) is 0 Å². The lowest BCUT2D eigenvalue weighted by Gasteiger charge is -2.26. The van der Waals surface area contributed by atoms with Gasteiger partial charge < -0.3 is 19.7 Å². The number of aromatic nitrogens is 2. The monoisotopic (exact) mass is 707 g/mol. The van der Waals surface area contributed by atoms with Crippen molar-refractivity contribution in [3.05, 3.63) is 47.5 Å². The number of benzene rings is 1. The van der Waals surface area contributed by atoms with Gasteiger partial charge in [0.2, 0.25) is 21.8 Å². The molecule has 0 saturated heterocycles. The van der Waals surface area contributed by atoms with Gasteiger partial charge in [0.1, 0.15) is 33.8 Å². The summed E-state index contributed by atoms with van der Waals surface area (Å²) in [7, 11) is -0.452. The van der Waals surface area contributed by atoms with E-state index in [1.54, 1.807) is 25.3 Å². The number of hydrogen-bond acceptors (Lipinski definition) is 10. The second-order valence-corrected chi connectivity index (χ2v) is 16.5. The second-order valence-electron chi connectivity index (χ2n) is 13.7. The lowest BCUT2D eigenvalue weighted by atomic mass is 9.93. The van der Waals surface area contributed by atoms with Crippen molar-refractivity contribution in [3.63, 3.8) is 0 Å². The zero-order valence-corrected chi connectivity index (χ0v) is 29.4. The Balaban J connectivity index is 1.20. The first kappa shape index (κ1) is 33.5. The molecule has 3 aromatic rings. The summed E-state index contributed by atoms with van der Waals surface area (Å²) in [6, 6.07) is 5.60. The van der Waals surface area contributed by atoms with Crippen LogP contribution in [-0.2, 0) is 24.4 Å². The van der Waals surface area contributed by atoms with Gasteiger partial charge in [0, 0.05) is 48.1 Å². The molecule has 2 N–H and O–H groups in total. The van der Waals surface area contributed by atoms with E-state index in [1.807, 2.05) is 42.7 Å². The highest BCUT2D eigenvalue weighted by molar-refractivity contribution is 7.91. The number of amides is 3. The number of ether oxygens (including phenoxy) is 2. The Morgan fingerprint density at radius 1 is 1.14 bits per heavy atom. The van der Waals surface area contributed by atoms with Gasteiger partial charge in [-0.05, 0) is 70.4 Å². The maximum atomic E-state index is 14.2. The number of thiazole rings is 1. The Bertz CT molecular complexity index is 1930. The maximum absolute atomic E-state index is 14.2. The molecule has 4 aliphatic rings. The third-order valence-electron chi connectivity index (χ3n) is 10.3. The third-order valence-corrected chi connectivity index (χ3v) is 12.9. The number of carbonyl (C=O) groups is 3. The number of hydrogen-bond donors (Lipinski definition) is 2. The zero-order chi connectivity index (χ0) is 34.5. The summed E-state index contributed by atoms with van der Waals surface area (Å²) < 4.78 is 40.0. The normalized spacial score (nSPS) is 27.5. The molecule has 2 aromatic heterocycles. The summed E-state index contributed by atoms with van der Waals surface area (Å²) in [5.41, 5.74) is 0.799. The molecule has 12 nitrogen and oxygen atoms in total. The number of aryl methyl sites for hydroxylation is 1. The number of carbonyl (C=O) groups excluding carboxylic acids is 3. The second kappa shape index (κ2) is 13.0. The highest BCUT2D eigenvalue weighted by Crippen LogP contribution is 2.47. The molecule has 3 amide bonds. The van der Waals surface area contributed by atoms with Crippen molar-refractivity contribution in [2.24, 2.45) is 17.8 Å². The molecule has 5 atom stereocenters. The first-order chi connectivity index (χ1) is 23.5. The molecule has 260 valence electrons. The highest BCUT2D eigenvalue weighted by Gasteiger charge is 2.62. The SMILES string of the molecule is COc1ccc2c(O[C@@H]3C[C@H]4C(=O)N[C@]5(C(=O)NS(=O)(=O)C6CC6)C[C@H]5C=CCCCCN(C)C(=O)[C@@H]4C3)cc(-c3nccs3)nc2c1C. The van der Waals surface area contributed by atoms with Crippen molar-refractivity contribution >= 4 is 50.0 Å². The van der Waals surface area contributed by atoms with Gasteiger partial charge in [-0.15, -0.1) is 11.3 Å². The van der Waals surface area contributed by atoms with E-state index in [1.165, 1.54) is 11.3 Å². The van der Waals surface area contributed by atoms with E-state index in [-0.39, 0.29) is 24.7 Å². The Morgan fingerprint density at radius 3 is 2.67 bits per heavy atom. The topological polar surface area (TPSA) is 157 Å². The molecule has 0 unspecified atom stereocenters. The van der Waals surface area contributed by atoms with E-state index in [9.17, 15) is 22.8 Å². The van der Waals surface area contributed by atoms with Gasteiger partial charge in [-0.3, -0.25) is 19.1 Å². The summed E-state index contributed by atoms with van der Waals surface area (Å²) in [6.07, 6.45) is 9.34. The highest BCUT2D eigenvalue weighted by atomic mass is 32.2. The average Bonchev–Trinajstić information content (AvgIpc) is 3.94. The van der Waals surface area contributed by atoms with Gasteiger partial charge >= 0.3 is 0 Å². The number of nitrogens with zero attached hydrogens (tertiary/aromatic N) is 3. The fourth-order valence-electron chi connectivity index (χ4n) is 7.23. The largest absolute Gasteiger partial charge is 0.496 e. The molecule has 1 aliphatic heterocycles. The predicted octanol–water partition coefficient (Wildman–Crippen LogP) is 4.13. The summed E-state index contributed by atoms with van der Waals surface area (Å²) >= 11 is 1.46. The van der Waals surface area contributed by atoms with E-state index >= 15 is 0 Å². The Hall–Kier alpha value is -4.04. The lowest BCUT2D eigenvalue weighted by molar-refractivity contribution is -0.140. The van der Waals surface area contributed by atoms with Crippen LogP contribution in [0.5, 0.6) is 11.5 Å². The molecular formula is C35H41N5O7S2. The molecule has 3 fully saturated rings. The first-order valence-corrected chi connectivity index (χ1v) is 19.3. The number of sulfonamides is 1. The number of fused-ring (bicyclic) bond motifs is 3. The number of rotatable bonds is 7. The zero-order valence-electron chi connectivity index (χ0n) is 27.8.